The molecule has 0 radical (unpaired) electrons. The molecule has 5 heteroatoms. The van der Waals surface area contributed by atoms with Crippen molar-refractivity contribution in [1.82, 2.24) is 10.2 Å². The van der Waals surface area contributed by atoms with Crippen LogP contribution in [0, 0.1) is 11.3 Å². The zero-order valence-electron chi connectivity index (χ0n) is 16.3. The monoisotopic (exact) mass is 379 g/mol. The summed E-state index contributed by atoms with van der Waals surface area (Å²) < 4.78 is 0. The van der Waals surface area contributed by atoms with Crippen LogP contribution >= 0.6 is 0 Å². The fourth-order valence-corrected chi connectivity index (χ4v) is 5.15. The normalized spacial score (nSPS) is 27.6. The molecule has 2 fully saturated rings. The first-order valence-electron chi connectivity index (χ1n) is 10.6. The molecule has 2 N–H and O–H groups in total. The number of rotatable bonds is 4. The molecule has 0 unspecified atom stereocenters. The van der Waals surface area contributed by atoms with Crippen molar-refractivity contribution < 1.29 is 9.90 Å². The smallest absolute Gasteiger partial charge is 0.319 e. The Hall–Kier alpha value is -2.32. The zero-order valence-corrected chi connectivity index (χ0v) is 16.3. The fraction of sp³-hybridized carbons (Fsp3) is 0.565. The van der Waals surface area contributed by atoms with Crippen LogP contribution in [0.5, 0.6) is 0 Å². The number of carbonyl (C=O) groups excluding carboxylic acids is 1. The van der Waals surface area contributed by atoms with E-state index >= 15 is 0 Å². The predicted octanol–water partition coefficient (Wildman–Crippen LogP) is 3.95. The summed E-state index contributed by atoms with van der Waals surface area (Å²) in [6.45, 7) is -0.131. The summed E-state index contributed by atoms with van der Waals surface area (Å²) in [5.41, 5.74) is 3.59. The number of likely N-dealkylation sites (tertiary alicyclic amines) is 1. The van der Waals surface area contributed by atoms with E-state index < -0.39 is 6.04 Å². The molecule has 1 saturated carbocycles. The quantitative estimate of drug-likeness (QED) is 0.832. The Labute approximate surface area is 167 Å². The van der Waals surface area contributed by atoms with Gasteiger partial charge in [-0.2, -0.15) is 5.26 Å². The highest BCUT2D eigenvalue weighted by atomic mass is 16.3. The number of nitrogens with zero attached hydrogens (tertiary/aromatic N) is 2. The largest absolute Gasteiger partial charge is 0.394 e. The SMILES string of the molecule is N#C[C@@H]1[C@@H](c2ccccc2C2=CCCC2)[C@@H](CO)N1C(=O)NC1CCCCC1. The van der Waals surface area contributed by atoms with Crippen molar-refractivity contribution in [3.8, 4) is 6.07 Å². The van der Waals surface area contributed by atoms with Crippen molar-refractivity contribution >= 4 is 11.6 Å². The second-order valence-electron chi connectivity index (χ2n) is 8.25. The molecule has 0 bridgehead atoms. The summed E-state index contributed by atoms with van der Waals surface area (Å²) in [6, 6.07) is 9.62. The van der Waals surface area contributed by atoms with Crippen LogP contribution in [0.4, 0.5) is 4.79 Å². The third-order valence-electron chi connectivity index (χ3n) is 6.61. The minimum Gasteiger partial charge on any atom is -0.394 e. The number of amides is 2. The molecule has 1 saturated heterocycles. The lowest BCUT2D eigenvalue weighted by molar-refractivity contribution is 0.0152. The van der Waals surface area contributed by atoms with E-state index in [-0.39, 0.29) is 30.6 Å². The van der Waals surface area contributed by atoms with Crippen LogP contribution in [0.25, 0.3) is 5.57 Å². The van der Waals surface area contributed by atoms with Crippen LogP contribution in [-0.4, -0.2) is 40.8 Å². The lowest BCUT2D eigenvalue weighted by Gasteiger charge is -2.52. The van der Waals surface area contributed by atoms with Gasteiger partial charge in [-0.05, 0) is 48.8 Å². The molecule has 0 spiro atoms. The Morgan fingerprint density at radius 1 is 1.21 bits per heavy atom. The molecule has 3 atom stereocenters. The number of benzene rings is 1. The van der Waals surface area contributed by atoms with Crippen molar-refractivity contribution in [3.05, 3.63) is 41.5 Å². The van der Waals surface area contributed by atoms with Gasteiger partial charge in [0.15, 0.2) is 0 Å². The number of carbonyl (C=O) groups is 1. The molecule has 1 aromatic carbocycles. The molecule has 28 heavy (non-hydrogen) atoms. The molecule has 0 aromatic heterocycles. The number of aliphatic hydroxyl groups is 1. The first-order valence-corrected chi connectivity index (χ1v) is 10.6. The van der Waals surface area contributed by atoms with Crippen molar-refractivity contribution in [2.45, 2.75) is 75.4 Å². The van der Waals surface area contributed by atoms with E-state index in [1.165, 1.54) is 17.6 Å². The Balaban J connectivity index is 1.56. The average molecular weight is 380 g/mol. The van der Waals surface area contributed by atoms with Crippen molar-refractivity contribution in [2.75, 3.05) is 6.61 Å². The highest BCUT2D eigenvalue weighted by Crippen LogP contribution is 2.44. The number of hydrogen-bond donors (Lipinski definition) is 2. The topological polar surface area (TPSA) is 76.4 Å². The summed E-state index contributed by atoms with van der Waals surface area (Å²) in [7, 11) is 0. The predicted molar refractivity (Wildman–Crippen MR) is 109 cm³/mol. The summed E-state index contributed by atoms with van der Waals surface area (Å²) in [5, 5.41) is 23.0. The van der Waals surface area contributed by atoms with E-state index in [0.29, 0.717) is 0 Å². The lowest BCUT2D eigenvalue weighted by atomic mass is 9.73. The van der Waals surface area contributed by atoms with Crippen LogP contribution < -0.4 is 5.32 Å². The Kier molecular flexibility index (Phi) is 5.68. The minimum absolute atomic E-state index is 0.131. The van der Waals surface area contributed by atoms with Gasteiger partial charge in [-0.3, -0.25) is 0 Å². The maximum absolute atomic E-state index is 12.9. The highest BCUT2D eigenvalue weighted by Gasteiger charge is 2.52. The van der Waals surface area contributed by atoms with Crippen LogP contribution in [0.3, 0.4) is 0 Å². The van der Waals surface area contributed by atoms with E-state index in [9.17, 15) is 15.2 Å². The van der Waals surface area contributed by atoms with Gasteiger partial charge < -0.3 is 15.3 Å². The van der Waals surface area contributed by atoms with Gasteiger partial charge in [0.1, 0.15) is 6.04 Å². The number of nitrogens with one attached hydrogen (secondary N) is 1. The summed E-state index contributed by atoms with van der Waals surface area (Å²) in [4.78, 5) is 14.5. The summed E-state index contributed by atoms with van der Waals surface area (Å²) in [5.74, 6) is -0.148. The molecule has 1 heterocycles. The standard InChI is InChI=1S/C23H29N3O2/c24-14-20-22(19-13-7-6-12-18(19)16-8-4-5-9-16)21(15-27)26(20)23(28)25-17-10-2-1-3-11-17/h6-8,12-13,17,20-22,27H,1-5,9-11,15H2,(H,25,28)/t20-,21-,22-/m1/s1. The summed E-state index contributed by atoms with van der Waals surface area (Å²) in [6.07, 6.45) is 11.1. The average Bonchev–Trinajstić information content (AvgIpc) is 3.24. The van der Waals surface area contributed by atoms with E-state index in [1.54, 1.807) is 4.90 Å². The minimum atomic E-state index is -0.538. The van der Waals surface area contributed by atoms with E-state index in [2.05, 4.69) is 29.6 Å². The van der Waals surface area contributed by atoms with Gasteiger partial charge in [0, 0.05) is 12.0 Å². The van der Waals surface area contributed by atoms with Gasteiger partial charge in [-0.25, -0.2) is 4.79 Å². The first-order chi connectivity index (χ1) is 13.7. The van der Waals surface area contributed by atoms with Gasteiger partial charge in [-0.15, -0.1) is 0 Å². The van der Waals surface area contributed by atoms with Gasteiger partial charge in [0.2, 0.25) is 0 Å². The Morgan fingerprint density at radius 3 is 2.68 bits per heavy atom. The van der Waals surface area contributed by atoms with Crippen LogP contribution in [0.15, 0.2) is 30.3 Å². The summed E-state index contributed by atoms with van der Waals surface area (Å²) >= 11 is 0. The molecule has 2 amide bonds. The number of nitriles is 1. The van der Waals surface area contributed by atoms with Crippen LogP contribution in [0.2, 0.25) is 0 Å². The van der Waals surface area contributed by atoms with Gasteiger partial charge in [-0.1, -0.05) is 49.6 Å². The number of aliphatic hydroxyl groups excluding tert-OH is 1. The zero-order chi connectivity index (χ0) is 19.5. The first kappa shape index (κ1) is 19.0. The molecule has 2 aliphatic carbocycles. The van der Waals surface area contributed by atoms with Crippen molar-refractivity contribution in [1.29, 1.82) is 5.26 Å². The Bertz CT molecular complexity index is 791. The molecular formula is C23H29N3O2. The molecule has 4 rings (SSSR count). The van der Waals surface area contributed by atoms with E-state index in [4.69, 9.17) is 0 Å². The van der Waals surface area contributed by atoms with E-state index in [0.717, 1.165) is 50.5 Å². The fourth-order valence-electron chi connectivity index (χ4n) is 5.15. The molecule has 5 nitrogen and oxygen atoms in total. The van der Waals surface area contributed by atoms with Crippen molar-refractivity contribution in [3.63, 3.8) is 0 Å². The molecular weight excluding hydrogens is 350 g/mol. The number of urea groups is 1. The van der Waals surface area contributed by atoms with Crippen LogP contribution in [0.1, 0.15) is 68.4 Å². The maximum atomic E-state index is 12.9. The van der Waals surface area contributed by atoms with Crippen molar-refractivity contribution in [2.24, 2.45) is 0 Å². The third-order valence-corrected chi connectivity index (χ3v) is 6.61. The molecule has 3 aliphatic rings. The third kappa shape index (κ3) is 3.42. The lowest BCUT2D eigenvalue weighted by Crippen LogP contribution is -2.68. The van der Waals surface area contributed by atoms with Crippen LogP contribution in [-0.2, 0) is 0 Å². The molecule has 1 aliphatic heterocycles. The van der Waals surface area contributed by atoms with E-state index in [1.807, 2.05) is 12.1 Å². The molecule has 148 valence electrons. The number of hydrogen-bond acceptors (Lipinski definition) is 3. The maximum Gasteiger partial charge on any atom is 0.319 e. The van der Waals surface area contributed by atoms with Gasteiger partial charge in [0.25, 0.3) is 0 Å². The van der Waals surface area contributed by atoms with Gasteiger partial charge in [0.05, 0.1) is 18.7 Å². The highest BCUT2D eigenvalue weighted by molar-refractivity contribution is 5.78. The molecule has 1 aromatic rings. The van der Waals surface area contributed by atoms with Gasteiger partial charge >= 0.3 is 6.03 Å². The second kappa shape index (κ2) is 8.36. The Morgan fingerprint density at radius 2 is 2.00 bits per heavy atom. The number of allylic oxidation sites excluding steroid dienone is 2. The second-order valence-corrected chi connectivity index (χ2v) is 8.25.